The van der Waals surface area contributed by atoms with E-state index in [2.05, 4.69) is 0 Å². The fraction of sp³-hybridized carbons (Fsp3) is 0.909. The van der Waals surface area contributed by atoms with Gasteiger partial charge >= 0.3 is 5.97 Å². The normalized spacial score (nSPS) is 21.7. The second kappa shape index (κ2) is 4.30. The summed E-state index contributed by atoms with van der Waals surface area (Å²) in [6, 6.07) is 0. The molecule has 3 N–H and O–H groups in total. The lowest BCUT2D eigenvalue weighted by Crippen LogP contribution is -2.45. The van der Waals surface area contributed by atoms with Crippen molar-refractivity contribution in [2.24, 2.45) is 23.0 Å². The summed E-state index contributed by atoms with van der Waals surface area (Å²) < 4.78 is 0. The number of carbonyl (C=O) groups is 1. The molecule has 1 aliphatic rings. The van der Waals surface area contributed by atoms with Crippen LogP contribution in [0.15, 0.2) is 0 Å². The summed E-state index contributed by atoms with van der Waals surface area (Å²) in [5.41, 5.74) is 4.97. The topological polar surface area (TPSA) is 63.3 Å². The first-order chi connectivity index (χ1) is 6.53. The summed E-state index contributed by atoms with van der Waals surface area (Å²) in [5.74, 6) is -0.00968. The fourth-order valence-corrected chi connectivity index (χ4v) is 2.19. The lowest BCUT2D eigenvalue weighted by molar-refractivity contribution is -0.153. The number of hydrogen-bond acceptors (Lipinski definition) is 2. The Morgan fingerprint density at radius 3 is 2.36 bits per heavy atom. The van der Waals surface area contributed by atoms with Crippen molar-refractivity contribution < 1.29 is 9.90 Å². The zero-order valence-electron chi connectivity index (χ0n) is 9.12. The summed E-state index contributed by atoms with van der Waals surface area (Å²) >= 11 is 0. The van der Waals surface area contributed by atoms with Gasteiger partial charge in [-0.15, -0.1) is 0 Å². The van der Waals surface area contributed by atoms with Crippen LogP contribution < -0.4 is 5.73 Å². The molecule has 3 nitrogen and oxygen atoms in total. The van der Waals surface area contributed by atoms with Crippen LogP contribution in [-0.4, -0.2) is 17.6 Å². The van der Waals surface area contributed by atoms with E-state index in [0.717, 1.165) is 6.42 Å². The number of rotatable bonds is 5. The Morgan fingerprint density at radius 1 is 1.57 bits per heavy atom. The maximum absolute atomic E-state index is 11.3. The van der Waals surface area contributed by atoms with Crippen LogP contribution in [0.25, 0.3) is 0 Å². The minimum Gasteiger partial charge on any atom is -0.481 e. The van der Waals surface area contributed by atoms with Crippen molar-refractivity contribution in [3.8, 4) is 0 Å². The highest BCUT2D eigenvalue weighted by molar-refractivity contribution is 5.75. The van der Waals surface area contributed by atoms with Crippen molar-refractivity contribution in [3.63, 3.8) is 0 Å². The molecule has 0 amide bonds. The number of aliphatic carboxylic acids is 1. The predicted molar refractivity (Wildman–Crippen MR) is 55.9 cm³/mol. The maximum atomic E-state index is 11.3. The molecule has 82 valence electrons. The molecule has 1 fully saturated rings. The molecule has 3 heteroatoms. The minimum absolute atomic E-state index is 0.116. The molecule has 0 aliphatic heterocycles. The van der Waals surface area contributed by atoms with Gasteiger partial charge in [0.25, 0.3) is 0 Å². The summed E-state index contributed by atoms with van der Waals surface area (Å²) in [6.07, 6.45) is 4.38. The van der Waals surface area contributed by atoms with E-state index in [4.69, 9.17) is 5.73 Å². The molecule has 1 atom stereocenters. The van der Waals surface area contributed by atoms with Gasteiger partial charge in [-0.1, -0.05) is 33.1 Å². The third kappa shape index (κ3) is 1.92. The van der Waals surface area contributed by atoms with Crippen LogP contribution in [0.5, 0.6) is 0 Å². The highest BCUT2D eigenvalue weighted by Gasteiger charge is 2.43. The molecule has 1 saturated carbocycles. The van der Waals surface area contributed by atoms with Crippen LogP contribution in [0.1, 0.15) is 39.5 Å². The average molecular weight is 199 g/mol. The Bertz CT molecular complexity index is 211. The van der Waals surface area contributed by atoms with Gasteiger partial charge in [0.05, 0.1) is 5.41 Å². The third-order valence-corrected chi connectivity index (χ3v) is 3.77. The van der Waals surface area contributed by atoms with E-state index in [1.807, 2.05) is 13.8 Å². The summed E-state index contributed by atoms with van der Waals surface area (Å²) in [4.78, 5) is 11.3. The first kappa shape index (κ1) is 11.5. The Labute approximate surface area is 85.7 Å². The standard InChI is InChI=1S/C11H21NO2/c1-8(2)11(7-12,10(13)14)6-9-4-3-5-9/h8-9H,3-7,12H2,1-2H3,(H,13,14). The Kier molecular flexibility index (Phi) is 3.53. The lowest BCUT2D eigenvalue weighted by atomic mass is 9.66. The van der Waals surface area contributed by atoms with Crippen molar-refractivity contribution in [3.05, 3.63) is 0 Å². The van der Waals surface area contributed by atoms with Crippen LogP contribution in [0, 0.1) is 17.3 Å². The van der Waals surface area contributed by atoms with Crippen molar-refractivity contribution in [2.45, 2.75) is 39.5 Å². The van der Waals surface area contributed by atoms with Crippen LogP contribution in [0.4, 0.5) is 0 Å². The third-order valence-electron chi connectivity index (χ3n) is 3.77. The summed E-state index contributed by atoms with van der Waals surface area (Å²) in [6.45, 7) is 4.18. The lowest BCUT2D eigenvalue weighted by Gasteiger charge is -2.38. The van der Waals surface area contributed by atoms with E-state index in [-0.39, 0.29) is 12.5 Å². The minimum atomic E-state index is -0.720. The molecule has 1 unspecified atom stereocenters. The monoisotopic (exact) mass is 199 g/mol. The average Bonchev–Trinajstić information content (AvgIpc) is 2.02. The molecule has 0 bridgehead atoms. The predicted octanol–water partition coefficient (Wildman–Crippen LogP) is 1.86. The van der Waals surface area contributed by atoms with Crippen LogP contribution >= 0.6 is 0 Å². The summed E-state index contributed by atoms with van der Waals surface area (Å²) in [5, 5.41) is 9.28. The second-order valence-corrected chi connectivity index (χ2v) is 4.82. The SMILES string of the molecule is CC(C)C(CN)(CC1CCC1)C(=O)O. The van der Waals surface area contributed by atoms with Gasteiger partial charge in [0, 0.05) is 6.54 Å². The van der Waals surface area contributed by atoms with E-state index in [0.29, 0.717) is 5.92 Å². The molecule has 0 radical (unpaired) electrons. The highest BCUT2D eigenvalue weighted by Crippen LogP contribution is 2.41. The van der Waals surface area contributed by atoms with Crippen molar-refractivity contribution in [1.82, 2.24) is 0 Å². The number of carboxylic acid groups (broad SMARTS) is 1. The molecule has 0 aromatic heterocycles. The van der Waals surface area contributed by atoms with E-state index >= 15 is 0 Å². The zero-order valence-corrected chi connectivity index (χ0v) is 9.12. The molecule has 0 saturated heterocycles. The molecule has 0 spiro atoms. The molecule has 14 heavy (non-hydrogen) atoms. The molecule has 0 aromatic rings. The Hall–Kier alpha value is -0.570. The van der Waals surface area contributed by atoms with Crippen LogP contribution in [-0.2, 0) is 4.79 Å². The largest absolute Gasteiger partial charge is 0.481 e. The number of nitrogens with two attached hydrogens (primary N) is 1. The van der Waals surface area contributed by atoms with E-state index in [9.17, 15) is 9.90 Å². The van der Waals surface area contributed by atoms with Gasteiger partial charge in [0.15, 0.2) is 0 Å². The molecule has 0 aromatic carbocycles. The second-order valence-electron chi connectivity index (χ2n) is 4.82. The van der Waals surface area contributed by atoms with Gasteiger partial charge in [0.1, 0.15) is 0 Å². The molecular formula is C11H21NO2. The van der Waals surface area contributed by atoms with Crippen molar-refractivity contribution in [2.75, 3.05) is 6.54 Å². The Balaban J connectivity index is 2.71. The Morgan fingerprint density at radius 2 is 2.14 bits per heavy atom. The fourth-order valence-electron chi connectivity index (χ4n) is 2.19. The van der Waals surface area contributed by atoms with Crippen LogP contribution in [0.3, 0.4) is 0 Å². The van der Waals surface area contributed by atoms with Gasteiger partial charge in [-0.25, -0.2) is 0 Å². The highest BCUT2D eigenvalue weighted by atomic mass is 16.4. The molecular weight excluding hydrogens is 178 g/mol. The van der Waals surface area contributed by atoms with Gasteiger partial charge in [-0.05, 0) is 18.3 Å². The van der Waals surface area contributed by atoms with Gasteiger partial charge in [0.2, 0.25) is 0 Å². The molecule has 1 rings (SSSR count). The molecule has 1 aliphatic carbocycles. The summed E-state index contributed by atoms with van der Waals surface area (Å²) in [7, 11) is 0. The van der Waals surface area contributed by atoms with Gasteiger partial charge in [-0.2, -0.15) is 0 Å². The van der Waals surface area contributed by atoms with Gasteiger partial charge < -0.3 is 10.8 Å². The van der Waals surface area contributed by atoms with Crippen molar-refractivity contribution >= 4 is 5.97 Å². The first-order valence-corrected chi connectivity index (χ1v) is 5.46. The smallest absolute Gasteiger partial charge is 0.311 e. The first-order valence-electron chi connectivity index (χ1n) is 5.46. The zero-order chi connectivity index (χ0) is 10.8. The van der Waals surface area contributed by atoms with E-state index < -0.39 is 11.4 Å². The quantitative estimate of drug-likeness (QED) is 0.710. The van der Waals surface area contributed by atoms with Crippen molar-refractivity contribution in [1.29, 1.82) is 0 Å². The van der Waals surface area contributed by atoms with Gasteiger partial charge in [-0.3, -0.25) is 4.79 Å². The maximum Gasteiger partial charge on any atom is 0.311 e. The van der Waals surface area contributed by atoms with Crippen LogP contribution in [0.2, 0.25) is 0 Å². The molecule has 0 heterocycles. The number of hydrogen-bond donors (Lipinski definition) is 2. The van der Waals surface area contributed by atoms with E-state index in [1.165, 1.54) is 19.3 Å². The number of carboxylic acids is 1. The van der Waals surface area contributed by atoms with E-state index in [1.54, 1.807) is 0 Å².